The Labute approximate surface area is 192 Å². The lowest BCUT2D eigenvalue weighted by atomic mass is 9.89. The molecule has 0 bridgehead atoms. The maximum Gasteiger partial charge on any atom is 0.321 e. The summed E-state index contributed by atoms with van der Waals surface area (Å²) in [5.74, 6) is -1.25. The van der Waals surface area contributed by atoms with Gasteiger partial charge < -0.3 is 19.1 Å². The molecule has 1 aromatic heterocycles. The van der Waals surface area contributed by atoms with Gasteiger partial charge in [0.15, 0.2) is 17.4 Å². The number of ether oxygens (including phenoxy) is 2. The van der Waals surface area contributed by atoms with Crippen molar-refractivity contribution in [1.82, 2.24) is 9.55 Å². The molecule has 8 nitrogen and oxygen atoms in total. The molecule has 0 aliphatic carbocycles. The van der Waals surface area contributed by atoms with E-state index >= 15 is 0 Å². The van der Waals surface area contributed by atoms with Gasteiger partial charge in [-0.25, -0.2) is 4.98 Å². The smallest absolute Gasteiger partial charge is 0.321 e. The van der Waals surface area contributed by atoms with Crippen LogP contribution < -0.4 is 9.64 Å². The van der Waals surface area contributed by atoms with Crippen LogP contribution in [0.1, 0.15) is 44.7 Å². The second-order valence-electron chi connectivity index (χ2n) is 8.07. The first-order valence-corrected chi connectivity index (χ1v) is 11.3. The van der Waals surface area contributed by atoms with Crippen LogP contribution in [0.15, 0.2) is 42.5 Å². The fourth-order valence-corrected chi connectivity index (χ4v) is 4.46. The van der Waals surface area contributed by atoms with E-state index in [0.717, 1.165) is 30.3 Å². The van der Waals surface area contributed by atoms with Crippen LogP contribution in [0.5, 0.6) is 11.5 Å². The molecule has 0 radical (unpaired) electrons. The molecular weight excluding hydrogens is 422 g/mol. The minimum absolute atomic E-state index is 0.0204. The van der Waals surface area contributed by atoms with Crippen molar-refractivity contribution in [3.8, 4) is 11.5 Å². The van der Waals surface area contributed by atoms with E-state index in [-0.39, 0.29) is 24.0 Å². The first kappa shape index (κ1) is 22.6. The molecule has 2 atom stereocenters. The number of fused-ring (bicyclic) bond motifs is 3. The van der Waals surface area contributed by atoms with Gasteiger partial charge in [0.25, 0.3) is 0 Å². The van der Waals surface area contributed by atoms with Crippen molar-refractivity contribution in [3.63, 3.8) is 0 Å². The maximum atomic E-state index is 13.8. The van der Waals surface area contributed by atoms with Crippen molar-refractivity contribution in [2.75, 3.05) is 25.2 Å². The third-order valence-corrected chi connectivity index (χ3v) is 6.02. The highest BCUT2D eigenvalue weighted by Gasteiger charge is 2.47. The first-order chi connectivity index (χ1) is 16.0. The average molecular weight is 452 g/mol. The Bertz CT molecular complexity index is 1170. The zero-order valence-electron chi connectivity index (χ0n) is 19.2. The summed E-state index contributed by atoms with van der Waals surface area (Å²) >= 11 is 0. The minimum Gasteiger partial charge on any atom is -0.504 e. The van der Waals surface area contributed by atoms with Gasteiger partial charge >= 0.3 is 5.97 Å². The van der Waals surface area contributed by atoms with Gasteiger partial charge in [-0.15, -0.1) is 0 Å². The van der Waals surface area contributed by atoms with Gasteiger partial charge in [-0.3, -0.25) is 14.5 Å². The van der Waals surface area contributed by atoms with Crippen molar-refractivity contribution in [3.05, 3.63) is 48.0 Å². The number of para-hydroxylation sites is 2. The summed E-state index contributed by atoms with van der Waals surface area (Å²) in [5.41, 5.74) is 2.20. The van der Waals surface area contributed by atoms with E-state index in [4.69, 9.17) is 14.5 Å². The average Bonchev–Trinajstić information content (AvgIpc) is 3.19. The molecule has 0 fully saturated rings. The van der Waals surface area contributed by atoms with Gasteiger partial charge in [0, 0.05) is 6.54 Å². The lowest BCUT2D eigenvalue weighted by Gasteiger charge is -2.38. The summed E-state index contributed by atoms with van der Waals surface area (Å²) in [7, 11) is 1.46. The number of anilines is 1. The molecule has 1 N–H and O–H groups in total. The normalized spacial score (nSPS) is 17.8. The summed E-state index contributed by atoms with van der Waals surface area (Å²) in [5, 5.41) is 10.1. The van der Waals surface area contributed by atoms with Gasteiger partial charge in [0.2, 0.25) is 11.9 Å². The lowest BCUT2D eigenvalue weighted by Crippen LogP contribution is -2.50. The second kappa shape index (κ2) is 9.52. The van der Waals surface area contributed by atoms with Crippen LogP contribution >= 0.6 is 0 Å². The first-order valence-electron chi connectivity index (χ1n) is 11.3. The van der Waals surface area contributed by atoms with Crippen LogP contribution in [-0.2, 0) is 14.3 Å². The SMILES string of the molecule is CCCCCN1C(=O)[C@H](C(=O)OCC)[C@@H](c2ccc(O)c(OC)c2)n2c1nc1ccccc12. The number of esters is 1. The number of aromatic nitrogens is 2. The number of rotatable bonds is 8. The summed E-state index contributed by atoms with van der Waals surface area (Å²) in [6, 6.07) is 11.8. The van der Waals surface area contributed by atoms with Crippen molar-refractivity contribution >= 4 is 28.9 Å². The van der Waals surface area contributed by atoms with Crippen LogP contribution in [0.25, 0.3) is 11.0 Å². The number of hydrogen-bond donors (Lipinski definition) is 1. The molecule has 0 saturated carbocycles. The molecule has 1 amide bonds. The fourth-order valence-electron chi connectivity index (χ4n) is 4.46. The van der Waals surface area contributed by atoms with Crippen molar-refractivity contribution in [2.24, 2.45) is 5.92 Å². The number of aromatic hydroxyl groups is 1. The standard InChI is InChI=1S/C25H29N3O5/c1-4-6-9-14-27-23(30)21(24(31)33-5-2)22(16-12-13-19(29)20(15-16)32-3)28-18-11-8-7-10-17(18)26-25(27)28/h7-8,10-13,15,21-22,29H,4-6,9,14H2,1-3H3/t21-,22-/m1/s1. The largest absolute Gasteiger partial charge is 0.504 e. The van der Waals surface area contributed by atoms with Crippen LogP contribution in [-0.4, -0.2) is 46.8 Å². The Balaban J connectivity index is 1.96. The van der Waals surface area contributed by atoms with Crippen molar-refractivity contribution in [2.45, 2.75) is 39.2 Å². The molecule has 2 aromatic carbocycles. The number of methoxy groups -OCH3 is 1. The molecule has 174 valence electrons. The van der Waals surface area contributed by atoms with Gasteiger partial charge in [-0.1, -0.05) is 38.0 Å². The summed E-state index contributed by atoms with van der Waals surface area (Å²) < 4.78 is 12.6. The number of unbranched alkanes of at least 4 members (excludes halogenated alkanes) is 2. The zero-order chi connectivity index (χ0) is 23.5. The lowest BCUT2D eigenvalue weighted by molar-refractivity contribution is -0.153. The molecule has 8 heteroatoms. The number of hydrogen-bond acceptors (Lipinski definition) is 6. The molecule has 4 rings (SSSR count). The van der Waals surface area contributed by atoms with E-state index in [2.05, 4.69) is 6.92 Å². The molecule has 0 spiro atoms. The monoisotopic (exact) mass is 451 g/mol. The predicted molar refractivity (Wildman–Crippen MR) is 125 cm³/mol. The van der Waals surface area contributed by atoms with E-state index < -0.39 is 17.9 Å². The van der Waals surface area contributed by atoms with Crippen molar-refractivity contribution < 1.29 is 24.2 Å². The maximum absolute atomic E-state index is 13.8. The minimum atomic E-state index is -1.09. The predicted octanol–water partition coefficient (Wildman–Crippen LogP) is 4.06. The summed E-state index contributed by atoms with van der Waals surface area (Å²) in [6.45, 7) is 4.46. The van der Waals surface area contributed by atoms with Crippen LogP contribution in [0, 0.1) is 5.92 Å². The third-order valence-electron chi connectivity index (χ3n) is 6.02. The van der Waals surface area contributed by atoms with E-state index in [1.165, 1.54) is 13.2 Å². The van der Waals surface area contributed by atoms with Crippen LogP contribution in [0.3, 0.4) is 0 Å². The Morgan fingerprint density at radius 3 is 2.67 bits per heavy atom. The molecular formula is C25H29N3O5. The number of amides is 1. The number of phenols is 1. The van der Waals surface area contributed by atoms with E-state index in [9.17, 15) is 14.7 Å². The molecule has 1 aliphatic heterocycles. The number of carbonyl (C=O) groups excluding carboxylic acids is 2. The zero-order valence-corrected chi connectivity index (χ0v) is 19.2. The fraction of sp³-hybridized carbons (Fsp3) is 0.400. The van der Waals surface area contributed by atoms with E-state index in [1.807, 2.05) is 28.8 Å². The Morgan fingerprint density at radius 2 is 1.94 bits per heavy atom. The van der Waals surface area contributed by atoms with E-state index in [0.29, 0.717) is 18.1 Å². The van der Waals surface area contributed by atoms with Crippen LogP contribution in [0.2, 0.25) is 0 Å². The Kier molecular flexibility index (Phi) is 6.53. The third kappa shape index (κ3) is 4.01. The number of benzene rings is 2. The van der Waals surface area contributed by atoms with Crippen LogP contribution in [0.4, 0.5) is 5.95 Å². The Hall–Kier alpha value is -3.55. The van der Waals surface area contributed by atoms with Gasteiger partial charge in [0.05, 0.1) is 30.8 Å². The Morgan fingerprint density at radius 1 is 1.15 bits per heavy atom. The molecule has 33 heavy (non-hydrogen) atoms. The number of phenolic OH excluding ortho intramolecular Hbond substituents is 1. The van der Waals surface area contributed by atoms with Gasteiger partial charge in [-0.2, -0.15) is 0 Å². The van der Waals surface area contributed by atoms with Gasteiger partial charge in [0.1, 0.15) is 0 Å². The van der Waals surface area contributed by atoms with Crippen molar-refractivity contribution in [1.29, 1.82) is 0 Å². The molecule has 3 aromatic rings. The molecule has 0 saturated heterocycles. The topological polar surface area (TPSA) is 93.9 Å². The number of nitrogens with zero attached hydrogens (tertiary/aromatic N) is 3. The number of imidazole rings is 1. The molecule has 2 heterocycles. The number of carbonyl (C=O) groups is 2. The van der Waals surface area contributed by atoms with E-state index in [1.54, 1.807) is 24.0 Å². The molecule has 0 unspecified atom stereocenters. The quantitative estimate of drug-likeness (QED) is 0.315. The summed E-state index contributed by atoms with van der Waals surface area (Å²) in [4.78, 5) is 33.3. The molecule has 1 aliphatic rings. The highest BCUT2D eigenvalue weighted by atomic mass is 16.5. The highest BCUT2D eigenvalue weighted by molar-refractivity contribution is 6.08. The highest BCUT2D eigenvalue weighted by Crippen LogP contribution is 2.43. The van der Waals surface area contributed by atoms with Gasteiger partial charge in [-0.05, 0) is 43.2 Å². The summed E-state index contributed by atoms with van der Waals surface area (Å²) in [6.07, 6.45) is 2.78. The second-order valence-corrected chi connectivity index (χ2v) is 8.07.